The lowest BCUT2D eigenvalue weighted by Gasteiger charge is -2.17. The molecule has 0 bridgehead atoms. The molecule has 0 aliphatic carbocycles. The largest absolute Gasteiger partial charge is 0.481 e. The Hall–Kier alpha value is -4.25. The van der Waals surface area contributed by atoms with Crippen LogP contribution in [-0.4, -0.2) is 70.2 Å². The number of carbonyl (C=O) groups excluding carboxylic acids is 1. The number of halogens is 2. The Labute approximate surface area is 289 Å². The Morgan fingerprint density at radius 1 is 0.938 bits per heavy atom. The number of likely N-dealkylation sites (tertiary alicyclic amines) is 1. The molecular formula is C36H37Cl2N5O5. The number of nitrogens with zero attached hydrogens (tertiary/aromatic N) is 4. The maximum Gasteiger partial charge on any atom is 0.307 e. The van der Waals surface area contributed by atoms with Crippen LogP contribution >= 0.6 is 23.2 Å². The topological polar surface area (TPSA) is 127 Å². The lowest BCUT2D eigenvalue weighted by Crippen LogP contribution is -2.25. The van der Waals surface area contributed by atoms with Crippen molar-refractivity contribution in [3.8, 4) is 45.4 Å². The third-order valence-corrected chi connectivity index (χ3v) is 9.87. The van der Waals surface area contributed by atoms with Gasteiger partial charge in [0.25, 0.3) is 0 Å². The molecule has 2 fully saturated rings. The lowest BCUT2D eigenvalue weighted by atomic mass is 9.98. The molecule has 2 aliphatic heterocycles. The number of amides is 1. The molecule has 2 N–H and O–H groups in total. The van der Waals surface area contributed by atoms with Gasteiger partial charge < -0.3 is 19.9 Å². The summed E-state index contributed by atoms with van der Waals surface area (Å²) in [5, 5.41) is 13.3. The zero-order valence-electron chi connectivity index (χ0n) is 26.8. The van der Waals surface area contributed by atoms with E-state index in [0.29, 0.717) is 76.9 Å². The van der Waals surface area contributed by atoms with Crippen LogP contribution in [0.25, 0.3) is 33.6 Å². The summed E-state index contributed by atoms with van der Waals surface area (Å²) in [5.74, 6) is -0.116. The molecule has 0 radical (unpaired) electrons. The van der Waals surface area contributed by atoms with E-state index in [1.165, 1.54) is 7.11 Å². The van der Waals surface area contributed by atoms with Crippen molar-refractivity contribution < 1.29 is 24.2 Å². The molecule has 12 heteroatoms. The number of ether oxygens (including phenoxy) is 2. The molecule has 2 aromatic carbocycles. The van der Waals surface area contributed by atoms with Gasteiger partial charge in [0, 0.05) is 53.4 Å². The first-order valence-corrected chi connectivity index (χ1v) is 16.8. The number of pyridine rings is 1. The van der Waals surface area contributed by atoms with Crippen LogP contribution in [0, 0.1) is 5.92 Å². The van der Waals surface area contributed by atoms with Crippen molar-refractivity contribution in [2.75, 3.05) is 27.3 Å². The second-order valence-corrected chi connectivity index (χ2v) is 12.9. The third-order valence-electron chi connectivity index (χ3n) is 9.06. The normalized spacial score (nSPS) is 17.8. The zero-order chi connectivity index (χ0) is 33.8. The number of carbonyl (C=O) groups is 2. The van der Waals surface area contributed by atoms with Gasteiger partial charge in [-0.15, -0.1) is 0 Å². The summed E-state index contributed by atoms with van der Waals surface area (Å²) >= 11 is 14.1. The van der Waals surface area contributed by atoms with Gasteiger partial charge in [0.05, 0.1) is 47.8 Å². The first kappa shape index (κ1) is 33.6. The molecular weight excluding hydrogens is 653 g/mol. The van der Waals surface area contributed by atoms with Crippen LogP contribution in [0.1, 0.15) is 43.4 Å². The highest BCUT2D eigenvalue weighted by molar-refractivity contribution is 6.39. The second kappa shape index (κ2) is 14.9. The quantitative estimate of drug-likeness (QED) is 0.167. The molecule has 2 aromatic heterocycles. The molecule has 0 spiro atoms. The molecule has 2 aliphatic rings. The number of carboxylic acid groups (broad SMARTS) is 1. The molecule has 2 saturated heterocycles. The van der Waals surface area contributed by atoms with Crippen LogP contribution < -0.4 is 14.8 Å². The van der Waals surface area contributed by atoms with Crippen molar-refractivity contribution in [3.05, 3.63) is 76.0 Å². The Kier molecular flexibility index (Phi) is 10.4. The molecule has 250 valence electrons. The van der Waals surface area contributed by atoms with Gasteiger partial charge in [-0.25, -0.2) is 9.97 Å². The van der Waals surface area contributed by atoms with Crippen LogP contribution in [0.3, 0.4) is 0 Å². The minimum absolute atomic E-state index is 0.131. The summed E-state index contributed by atoms with van der Waals surface area (Å²) in [4.78, 5) is 39.1. The van der Waals surface area contributed by atoms with E-state index < -0.39 is 5.97 Å². The molecule has 1 amide bonds. The first-order valence-electron chi connectivity index (χ1n) is 16.0. The van der Waals surface area contributed by atoms with Crippen LogP contribution in [0.5, 0.6) is 11.8 Å². The highest BCUT2D eigenvalue weighted by Crippen LogP contribution is 2.42. The fraction of sp³-hybridized carbons (Fsp3) is 0.361. The maximum atomic E-state index is 11.5. The number of rotatable bonds is 12. The van der Waals surface area contributed by atoms with Crippen molar-refractivity contribution in [3.63, 3.8) is 0 Å². The molecule has 0 unspecified atom stereocenters. The fourth-order valence-electron chi connectivity index (χ4n) is 6.48. The van der Waals surface area contributed by atoms with Gasteiger partial charge >= 0.3 is 5.97 Å². The van der Waals surface area contributed by atoms with Gasteiger partial charge in [-0.3, -0.25) is 19.5 Å². The summed E-state index contributed by atoms with van der Waals surface area (Å²) in [6, 6.07) is 15.6. The van der Waals surface area contributed by atoms with E-state index >= 15 is 0 Å². The predicted molar refractivity (Wildman–Crippen MR) is 184 cm³/mol. The predicted octanol–water partition coefficient (Wildman–Crippen LogP) is 6.70. The van der Waals surface area contributed by atoms with Gasteiger partial charge in [0.1, 0.15) is 5.69 Å². The van der Waals surface area contributed by atoms with E-state index in [0.717, 1.165) is 47.9 Å². The molecule has 10 nitrogen and oxygen atoms in total. The minimum Gasteiger partial charge on any atom is -0.481 e. The van der Waals surface area contributed by atoms with E-state index in [9.17, 15) is 14.7 Å². The fourth-order valence-corrected chi connectivity index (χ4v) is 7.13. The average Bonchev–Trinajstić information content (AvgIpc) is 3.74. The highest BCUT2D eigenvalue weighted by atomic mass is 35.5. The average molecular weight is 691 g/mol. The SMILES string of the molecule is COc1nc(-c2cccc(-c3cccc(-c4cnc(CN5CC[C@@H](C(=O)O)C5)c(OC)n4)c3Cl)c2Cl)ccc1CCC[C@@H]1CCC(=O)N1. The van der Waals surface area contributed by atoms with Gasteiger partial charge in [-0.1, -0.05) is 65.7 Å². The van der Waals surface area contributed by atoms with E-state index in [4.69, 9.17) is 42.6 Å². The smallest absolute Gasteiger partial charge is 0.307 e. The minimum atomic E-state index is -0.778. The summed E-state index contributed by atoms with van der Waals surface area (Å²) in [6.45, 7) is 1.58. The summed E-state index contributed by atoms with van der Waals surface area (Å²) < 4.78 is 11.3. The van der Waals surface area contributed by atoms with Crippen LogP contribution in [0.15, 0.2) is 54.7 Å². The van der Waals surface area contributed by atoms with Crippen LogP contribution in [0.2, 0.25) is 10.0 Å². The van der Waals surface area contributed by atoms with Crippen molar-refractivity contribution in [1.29, 1.82) is 0 Å². The van der Waals surface area contributed by atoms with Crippen molar-refractivity contribution in [2.24, 2.45) is 5.92 Å². The lowest BCUT2D eigenvalue weighted by molar-refractivity contribution is -0.141. The number of aromatic nitrogens is 3. The standard InChI is InChI=1S/C36H37Cl2N5O5/c1-47-34-21(6-3-7-23-13-15-31(44)40-23)12-14-28(41-34)26-10-4-8-24(32(26)37)25-9-5-11-27(33(25)38)29-18-39-30(35(42-29)48-2)20-43-17-16-22(19-43)36(45)46/h4-5,8-12,14,18,22-23H,3,6-7,13,15-17,19-20H2,1-2H3,(H,40,44)(H,45,46)/t22-,23-/m1/s1. The van der Waals surface area contributed by atoms with Gasteiger partial charge in [0.2, 0.25) is 17.7 Å². The summed E-state index contributed by atoms with van der Waals surface area (Å²) in [5.41, 5.74) is 5.72. The van der Waals surface area contributed by atoms with Crippen molar-refractivity contribution in [1.82, 2.24) is 25.2 Å². The van der Waals surface area contributed by atoms with Gasteiger partial charge in [-0.05, 0) is 44.7 Å². The second-order valence-electron chi connectivity index (χ2n) is 12.2. The Morgan fingerprint density at radius 2 is 1.60 bits per heavy atom. The number of aliphatic carboxylic acids is 1. The number of benzene rings is 2. The molecule has 48 heavy (non-hydrogen) atoms. The Balaban J connectivity index is 1.23. The Bertz CT molecular complexity index is 1840. The Morgan fingerprint density at radius 3 is 2.23 bits per heavy atom. The number of carboxylic acids is 1. The van der Waals surface area contributed by atoms with Crippen LogP contribution in [0.4, 0.5) is 0 Å². The van der Waals surface area contributed by atoms with Crippen molar-refractivity contribution >= 4 is 35.1 Å². The summed E-state index contributed by atoms with van der Waals surface area (Å²) in [7, 11) is 3.15. The highest BCUT2D eigenvalue weighted by Gasteiger charge is 2.29. The van der Waals surface area contributed by atoms with E-state index in [2.05, 4.69) is 10.3 Å². The zero-order valence-corrected chi connectivity index (χ0v) is 28.4. The van der Waals surface area contributed by atoms with Gasteiger partial charge in [0.15, 0.2) is 0 Å². The number of aryl methyl sites for hydroxylation is 1. The number of methoxy groups -OCH3 is 2. The van der Waals surface area contributed by atoms with E-state index in [-0.39, 0.29) is 17.9 Å². The molecule has 4 aromatic rings. The van der Waals surface area contributed by atoms with Gasteiger partial charge in [-0.2, -0.15) is 0 Å². The van der Waals surface area contributed by atoms with E-state index in [1.807, 2.05) is 53.4 Å². The molecule has 6 rings (SSSR count). The summed E-state index contributed by atoms with van der Waals surface area (Å²) in [6.07, 6.45) is 6.38. The molecule has 0 saturated carbocycles. The maximum absolute atomic E-state index is 11.5. The number of hydrogen-bond donors (Lipinski definition) is 2. The number of hydrogen-bond acceptors (Lipinski definition) is 8. The first-order chi connectivity index (χ1) is 23.2. The van der Waals surface area contributed by atoms with E-state index in [1.54, 1.807) is 13.3 Å². The van der Waals surface area contributed by atoms with Crippen molar-refractivity contribution in [2.45, 2.75) is 51.1 Å². The van der Waals surface area contributed by atoms with Crippen LogP contribution in [-0.2, 0) is 22.6 Å². The third kappa shape index (κ3) is 7.26. The molecule has 4 heterocycles. The monoisotopic (exact) mass is 689 g/mol. The number of nitrogens with one attached hydrogen (secondary N) is 1. The molecule has 2 atom stereocenters.